The molecule has 0 N–H and O–H groups in total. The molecule has 0 radical (unpaired) electrons. The molecule has 1 fully saturated rings. The van der Waals surface area contributed by atoms with Crippen molar-refractivity contribution in [2.75, 3.05) is 0 Å². The van der Waals surface area contributed by atoms with Gasteiger partial charge in [0.25, 0.3) is 0 Å². The fourth-order valence-electron chi connectivity index (χ4n) is 1.22. The molecule has 2 nitrogen and oxygen atoms in total. The Balaban J connectivity index is 2.42. The van der Waals surface area contributed by atoms with Crippen LogP contribution in [0.25, 0.3) is 0 Å². The van der Waals surface area contributed by atoms with Gasteiger partial charge in [0, 0.05) is 9.35 Å². The molecular formula is C8H6BrNOS. The maximum Gasteiger partial charge on any atom is 0.235 e. The van der Waals surface area contributed by atoms with Gasteiger partial charge in [-0.15, -0.1) is 11.3 Å². The van der Waals surface area contributed by atoms with E-state index in [-0.39, 0.29) is 5.54 Å². The highest BCUT2D eigenvalue weighted by Gasteiger charge is 2.47. The Labute approximate surface area is 82.5 Å². The smallest absolute Gasteiger partial charge is 0.211 e. The van der Waals surface area contributed by atoms with Gasteiger partial charge >= 0.3 is 0 Å². The standard InChI is InChI=1S/C8H6BrNOS/c9-6-1-4-12-7(6)8(2-3-8)10-5-11/h1,4H,2-3H2. The number of thiophene rings is 1. The molecule has 0 aromatic carbocycles. The Morgan fingerprint density at radius 1 is 1.67 bits per heavy atom. The summed E-state index contributed by atoms with van der Waals surface area (Å²) in [5.41, 5.74) is -0.214. The van der Waals surface area contributed by atoms with Crippen LogP contribution in [0.1, 0.15) is 17.7 Å². The molecule has 0 atom stereocenters. The van der Waals surface area contributed by atoms with Gasteiger partial charge in [0.15, 0.2) is 0 Å². The first-order valence-corrected chi connectivity index (χ1v) is 5.28. The number of halogens is 1. The maximum atomic E-state index is 10.2. The van der Waals surface area contributed by atoms with Crippen LogP contribution in [0, 0.1) is 0 Å². The van der Waals surface area contributed by atoms with Crippen LogP contribution in [0.5, 0.6) is 0 Å². The molecule has 0 spiro atoms. The first-order valence-electron chi connectivity index (χ1n) is 3.61. The third-order valence-electron chi connectivity index (χ3n) is 2.02. The van der Waals surface area contributed by atoms with E-state index in [4.69, 9.17) is 0 Å². The van der Waals surface area contributed by atoms with Crippen LogP contribution in [0.3, 0.4) is 0 Å². The van der Waals surface area contributed by atoms with Gasteiger partial charge in [0.2, 0.25) is 6.08 Å². The first-order chi connectivity index (χ1) is 5.78. The second kappa shape index (κ2) is 2.80. The van der Waals surface area contributed by atoms with E-state index in [0.717, 1.165) is 22.2 Å². The highest BCUT2D eigenvalue weighted by molar-refractivity contribution is 9.10. The van der Waals surface area contributed by atoms with Gasteiger partial charge in [0.1, 0.15) is 5.54 Å². The molecule has 12 heavy (non-hydrogen) atoms. The van der Waals surface area contributed by atoms with Crippen LogP contribution in [0.15, 0.2) is 20.9 Å². The van der Waals surface area contributed by atoms with Crippen molar-refractivity contribution in [3.8, 4) is 0 Å². The number of carbonyl (C=O) groups excluding carboxylic acids is 1. The summed E-state index contributed by atoms with van der Waals surface area (Å²) in [6.07, 6.45) is 3.59. The Kier molecular flexibility index (Phi) is 1.91. The molecule has 1 aliphatic rings. The van der Waals surface area contributed by atoms with Gasteiger partial charge < -0.3 is 0 Å². The molecule has 4 heteroatoms. The van der Waals surface area contributed by atoms with Crippen molar-refractivity contribution in [3.05, 3.63) is 20.8 Å². The van der Waals surface area contributed by atoms with Gasteiger partial charge in [-0.05, 0) is 40.2 Å². The highest BCUT2D eigenvalue weighted by Crippen LogP contribution is 2.53. The van der Waals surface area contributed by atoms with Gasteiger partial charge in [-0.25, -0.2) is 4.79 Å². The summed E-state index contributed by atoms with van der Waals surface area (Å²) in [7, 11) is 0. The molecule has 0 saturated heterocycles. The minimum absolute atomic E-state index is 0.214. The summed E-state index contributed by atoms with van der Waals surface area (Å²) in [5.74, 6) is 0. The third kappa shape index (κ3) is 1.16. The maximum absolute atomic E-state index is 10.2. The van der Waals surface area contributed by atoms with Gasteiger partial charge in [-0.1, -0.05) is 0 Å². The Hall–Kier alpha value is -0.440. The lowest BCUT2D eigenvalue weighted by Crippen LogP contribution is -1.99. The molecular weight excluding hydrogens is 238 g/mol. The molecule has 1 saturated carbocycles. The zero-order chi connectivity index (χ0) is 8.60. The summed E-state index contributed by atoms with van der Waals surface area (Å²) in [5, 5.41) is 2.00. The molecule has 0 unspecified atom stereocenters. The average Bonchev–Trinajstić information content (AvgIpc) is 2.68. The van der Waals surface area contributed by atoms with E-state index in [0.29, 0.717) is 0 Å². The SMILES string of the molecule is O=C=NC1(c2sccc2Br)CC1. The van der Waals surface area contributed by atoms with Crippen molar-refractivity contribution in [3.63, 3.8) is 0 Å². The van der Waals surface area contributed by atoms with Crippen LogP contribution in [0.2, 0.25) is 0 Å². The van der Waals surface area contributed by atoms with E-state index >= 15 is 0 Å². The van der Waals surface area contributed by atoms with Gasteiger partial charge in [-0.2, -0.15) is 4.99 Å². The lowest BCUT2D eigenvalue weighted by Gasteiger charge is -2.03. The summed E-state index contributed by atoms with van der Waals surface area (Å²) < 4.78 is 1.06. The Morgan fingerprint density at radius 2 is 2.42 bits per heavy atom. The van der Waals surface area contributed by atoms with Crippen molar-refractivity contribution in [1.29, 1.82) is 0 Å². The van der Waals surface area contributed by atoms with Crippen LogP contribution >= 0.6 is 27.3 Å². The van der Waals surface area contributed by atoms with E-state index in [1.54, 1.807) is 17.4 Å². The number of rotatable bonds is 2. The molecule has 1 aliphatic carbocycles. The molecule has 62 valence electrons. The Bertz CT molecular complexity index is 350. The van der Waals surface area contributed by atoms with Crippen molar-refractivity contribution in [2.24, 2.45) is 4.99 Å². The summed E-state index contributed by atoms with van der Waals surface area (Å²) in [6, 6.07) is 1.99. The number of nitrogens with zero attached hydrogens (tertiary/aromatic N) is 1. The van der Waals surface area contributed by atoms with E-state index in [1.165, 1.54) is 0 Å². The average molecular weight is 244 g/mol. The molecule has 1 aromatic rings. The normalized spacial score (nSPS) is 18.4. The van der Waals surface area contributed by atoms with Gasteiger partial charge in [0.05, 0.1) is 0 Å². The Morgan fingerprint density at radius 3 is 2.83 bits per heavy atom. The molecule has 1 aromatic heterocycles. The van der Waals surface area contributed by atoms with E-state index in [1.807, 2.05) is 11.4 Å². The van der Waals surface area contributed by atoms with E-state index < -0.39 is 0 Å². The van der Waals surface area contributed by atoms with Crippen LogP contribution in [0.4, 0.5) is 0 Å². The zero-order valence-electron chi connectivity index (χ0n) is 6.21. The summed E-state index contributed by atoms with van der Waals surface area (Å²) in [6.45, 7) is 0. The quantitative estimate of drug-likeness (QED) is 0.581. The predicted octanol–water partition coefficient (Wildman–Crippen LogP) is 2.84. The third-order valence-corrected chi connectivity index (χ3v) is 4.05. The topological polar surface area (TPSA) is 29.4 Å². The lowest BCUT2D eigenvalue weighted by molar-refractivity contribution is 0.557. The molecule has 2 rings (SSSR count). The van der Waals surface area contributed by atoms with Crippen molar-refractivity contribution in [2.45, 2.75) is 18.4 Å². The second-order valence-electron chi connectivity index (χ2n) is 2.83. The molecule has 0 bridgehead atoms. The van der Waals surface area contributed by atoms with Gasteiger partial charge in [-0.3, -0.25) is 0 Å². The van der Waals surface area contributed by atoms with Crippen molar-refractivity contribution >= 4 is 33.3 Å². The predicted molar refractivity (Wildman–Crippen MR) is 51.1 cm³/mol. The lowest BCUT2D eigenvalue weighted by atomic mass is 10.2. The highest BCUT2D eigenvalue weighted by atomic mass is 79.9. The van der Waals surface area contributed by atoms with Crippen molar-refractivity contribution in [1.82, 2.24) is 0 Å². The zero-order valence-corrected chi connectivity index (χ0v) is 8.61. The minimum Gasteiger partial charge on any atom is -0.211 e. The number of hydrogen-bond donors (Lipinski definition) is 0. The fourth-order valence-corrected chi connectivity index (χ4v) is 3.17. The largest absolute Gasteiger partial charge is 0.235 e. The first kappa shape index (κ1) is 8.17. The summed E-state index contributed by atoms with van der Waals surface area (Å²) >= 11 is 5.07. The van der Waals surface area contributed by atoms with Crippen LogP contribution < -0.4 is 0 Å². The number of hydrogen-bond acceptors (Lipinski definition) is 3. The monoisotopic (exact) mass is 243 g/mol. The van der Waals surface area contributed by atoms with Crippen LogP contribution in [-0.2, 0) is 10.3 Å². The van der Waals surface area contributed by atoms with Crippen LogP contribution in [-0.4, -0.2) is 6.08 Å². The molecule has 0 amide bonds. The van der Waals surface area contributed by atoms with E-state index in [9.17, 15) is 4.79 Å². The second-order valence-corrected chi connectivity index (χ2v) is 4.60. The summed E-state index contributed by atoms with van der Waals surface area (Å²) in [4.78, 5) is 15.2. The molecule has 1 heterocycles. The van der Waals surface area contributed by atoms with E-state index in [2.05, 4.69) is 20.9 Å². The number of isocyanates is 1. The number of aliphatic imine (C=N–C) groups is 1. The molecule has 0 aliphatic heterocycles. The van der Waals surface area contributed by atoms with Crippen molar-refractivity contribution < 1.29 is 4.79 Å². The minimum atomic E-state index is -0.214. The fraction of sp³-hybridized carbons (Fsp3) is 0.375.